The maximum Gasteiger partial charge on any atom is 0.277 e. The summed E-state index contributed by atoms with van der Waals surface area (Å²) in [5.41, 5.74) is 2.58. The molecule has 0 radical (unpaired) electrons. The Morgan fingerprint density at radius 2 is 1.93 bits per heavy atom. The van der Waals surface area contributed by atoms with Crippen molar-refractivity contribution in [1.82, 2.24) is 10.2 Å². The molecule has 0 aliphatic heterocycles. The molecule has 0 saturated carbocycles. The van der Waals surface area contributed by atoms with Crippen LogP contribution in [0.25, 0.3) is 11.5 Å². The van der Waals surface area contributed by atoms with Gasteiger partial charge in [0.2, 0.25) is 11.8 Å². The summed E-state index contributed by atoms with van der Waals surface area (Å²) >= 11 is 1.22. The van der Waals surface area contributed by atoms with Gasteiger partial charge in [-0.05, 0) is 44.5 Å². The van der Waals surface area contributed by atoms with Crippen LogP contribution < -0.4 is 10.1 Å². The maximum atomic E-state index is 12.5. The average molecular weight is 383 g/mol. The predicted molar refractivity (Wildman–Crippen MR) is 106 cm³/mol. The minimum absolute atomic E-state index is 0.164. The first-order valence-corrected chi connectivity index (χ1v) is 9.55. The molecule has 1 unspecified atom stereocenters. The van der Waals surface area contributed by atoms with Gasteiger partial charge in [-0.3, -0.25) is 4.79 Å². The number of amides is 1. The molecule has 3 aromatic rings. The van der Waals surface area contributed by atoms with E-state index in [9.17, 15) is 4.79 Å². The van der Waals surface area contributed by atoms with E-state index in [4.69, 9.17) is 9.15 Å². The van der Waals surface area contributed by atoms with Crippen LogP contribution in [0, 0.1) is 6.92 Å². The molecule has 140 valence electrons. The van der Waals surface area contributed by atoms with Gasteiger partial charge >= 0.3 is 0 Å². The highest BCUT2D eigenvalue weighted by Crippen LogP contribution is 2.29. The van der Waals surface area contributed by atoms with Gasteiger partial charge < -0.3 is 14.5 Å². The van der Waals surface area contributed by atoms with Crippen molar-refractivity contribution in [1.29, 1.82) is 0 Å². The van der Waals surface area contributed by atoms with Gasteiger partial charge in [-0.2, -0.15) is 0 Å². The highest BCUT2D eigenvalue weighted by atomic mass is 32.2. The van der Waals surface area contributed by atoms with Crippen molar-refractivity contribution in [2.45, 2.75) is 31.2 Å². The molecule has 0 fully saturated rings. The minimum Gasteiger partial charge on any atom is -0.492 e. The van der Waals surface area contributed by atoms with Gasteiger partial charge in [-0.1, -0.05) is 42.1 Å². The molecule has 27 heavy (non-hydrogen) atoms. The Balaban J connectivity index is 1.66. The molecule has 1 amide bonds. The quantitative estimate of drug-likeness (QED) is 0.603. The number of anilines is 1. The van der Waals surface area contributed by atoms with Crippen molar-refractivity contribution in [3.63, 3.8) is 0 Å². The first-order valence-electron chi connectivity index (χ1n) is 8.67. The van der Waals surface area contributed by atoms with Gasteiger partial charge in [0.1, 0.15) is 5.75 Å². The van der Waals surface area contributed by atoms with E-state index in [1.54, 1.807) is 6.92 Å². The Bertz CT molecular complexity index is 926. The zero-order valence-electron chi connectivity index (χ0n) is 15.4. The lowest BCUT2D eigenvalue weighted by molar-refractivity contribution is -0.115. The molecule has 0 spiro atoms. The van der Waals surface area contributed by atoms with Crippen LogP contribution in [0.5, 0.6) is 5.75 Å². The second kappa shape index (κ2) is 8.73. The van der Waals surface area contributed by atoms with E-state index < -0.39 is 5.25 Å². The van der Waals surface area contributed by atoms with Gasteiger partial charge in [0, 0.05) is 5.56 Å². The number of para-hydroxylation sites is 2. The molecular weight excluding hydrogens is 362 g/mol. The third-order valence-corrected chi connectivity index (χ3v) is 4.81. The van der Waals surface area contributed by atoms with Crippen LogP contribution >= 0.6 is 11.8 Å². The fourth-order valence-electron chi connectivity index (χ4n) is 2.47. The molecule has 1 heterocycles. The smallest absolute Gasteiger partial charge is 0.277 e. The molecule has 1 N–H and O–H groups in total. The largest absolute Gasteiger partial charge is 0.492 e. The van der Waals surface area contributed by atoms with Crippen molar-refractivity contribution < 1.29 is 13.9 Å². The summed E-state index contributed by atoms with van der Waals surface area (Å²) in [7, 11) is 0. The van der Waals surface area contributed by atoms with Gasteiger partial charge in [-0.15, -0.1) is 10.2 Å². The summed E-state index contributed by atoms with van der Waals surface area (Å²) in [6.07, 6.45) is 0. The summed E-state index contributed by atoms with van der Waals surface area (Å²) in [4.78, 5) is 12.5. The normalized spacial score (nSPS) is 11.8. The summed E-state index contributed by atoms with van der Waals surface area (Å²) in [5.74, 6) is 0.929. The van der Waals surface area contributed by atoms with E-state index in [0.29, 0.717) is 29.2 Å². The van der Waals surface area contributed by atoms with E-state index >= 15 is 0 Å². The number of ether oxygens (including phenoxy) is 1. The molecule has 0 aliphatic carbocycles. The average Bonchev–Trinajstić information content (AvgIpc) is 3.12. The Labute approximate surface area is 162 Å². The number of carbonyl (C=O) groups is 1. The first kappa shape index (κ1) is 19.0. The van der Waals surface area contributed by atoms with Crippen LogP contribution in [-0.4, -0.2) is 28.0 Å². The summed E-state index contributed by atoms with van der Waals surface area (Å²) in [6, 6.07) is 15.1. The Morgan fingerprint density at radius 1 is 1.19 bits per heavy atom. The zero-order chi connectivity index (χ0) is 19.2. The Kier molecular flexibility index (Phi) is 6.13. The van der Waals surface area contributed by atoms with Crippen molar-refractivity contribution in [3.05, 3.63) is 54.1 Å². The van der Waals surface area contributed by atoms with Crippen LogP contribution in [0.3, 0.4) is 0 Å². The number of aromatic nitrogens is 2. The minimum atomic E-state index is -0.412. The molecule has 6 nitrogen and oxygen atoms in total. The number of benzene rings is 2. The maximum absolute atomic E-state index is 12.5. The van der Waals surface area contributed by atoms with Crippen LogP contribution in [0.15, 0.2) is 58.2 Å². The lowest BCUT2D eigenvalue weighted by atomic mass is 10.1. The highest BCUT2D eigenvalue weighted by Gasteiger charge is 2.20. The van der Waals surface area contributed by atoms with Crippen LogP contribution in [-0.2, 0) is 4.79 Å². The lowest BCUT2D eigenvalue weighted by Crippen LogP contribution is -2.22. The Hall–Kier alpha value is -2.80. The van der Waals surface area contributed by atoms with Crippen molar-refractivity contribution >= 4 is 23.4 Å². The summed E-state index contributed by atoms with van der Waals surface area (Å²) in [5, 5.41) is 11.0. The third kappa shape index (κ3) is 4.68. The molecule has 2 aromatic carbocycles. The summed E-state index contributed by atoms with van der Waals surface area (Å²) < 4.78 is 11.3. The van der Waals surface area contributed by atoms with E-state index in [1.165, 1.54) is 11.8 Å². The number of hydrogen-bond donors (Lipinski definition) is 1. The number of nitrogens with zero attached hydrogens (tertiary/aromatic N) is 2. The van der Waals surface area contributed by atoms with Gasteiger partial charge in [0.25, 0.3) is 5.22 Å². The van der Waals surface area contributed by atoms with E-state index in [2.05, 4.69) is 15.5 Å². The number of thioether (sulfide) groups is 1. The SMILES string of the molecule is CCOc1ccccc1NC(=O)C(C)Sc1nnc(-c2ccccc2C)o1. The van der Waals surface area contributed by atoms with Gasteiger partial charge in [0.15, 0.2) is 0 Å². The second-order valence-electron chi connectivity index (χ2n) is 5.87. The van der Waals surface area contributed by atoms with Crippen molar-refractivity contribution in [2.24, 2.45) is 0 Å². The monoisotopic (exact) mass is 383 g/mol. The van der Waals surface area contributed by atoms with Crippen LogP contribution in [0.2, 0.25) is 0 Å². The molecule has 1 aromatic heterocycles. The molecule has 0 bridgehead atoms. The van der Waals surface area contributed by atoms with Gasteiger partial charge in [-0.25, -0.2) is 0 Å². The Morgan fingerprint density at radius 3 is 2.70 bits per heavy atom. The fourth-order valence-corrected chi connectivity index (χ4v) is 3.15. The molecule has 7 heteroatoms. The topological polar surface area (TPSA) is 77.2 Å². The molecule has 3 rings (SSSR count). The number of hydrogen-bond acceptors (Lipinski definition) is 6. The molecule has 0 aliphatic rings. The van der Waals surface area contributed by atoms with Gasteiger partial charge in [0.05, 0.1) is 17.5 Å². The number of rotatable bonds is 7. The standard InChI is InChI=1S/C20H21N3O3S/c1-4-25-17-12-8-7-11-16(17)21-18(24)14(3)27-20-23-22-19(26-20)15-10-6-5-9-13(15)2/h5-12,14H,4H2,1-3H3,(H,21,24). The highest BCUT2D eigenvalue weighted by molar-refractivity contribution is 8.00. The number of aryl methyl sites for hydroxylation is 1. The van der Waals surface area contributed by atoms with Crippen molar-refractivity contribution in [3.8, 4) is 17.2 Å². The summed E-state index contributed by atoms with van der Waals surface area (Å²) in [6.45, 7) is 6.21. The van der Waals surface area contributed by atoms with E-state index in [0.717, 1.165) is 11.1 Å². The van der Waals surface area contributed by atoms with Crippen LogP contribution in [0.1, 0.15) is 19.4 Å². The third-order valence-electron chi connectivity index (χ3n) is 3.87. The first-order chi connectivity index (χ1) is 13.1. The molecule has 0 saturated heterocycles. The number of carbonyl (C=O) groups excluding carboxylic acids is 1. The lowest BCUT2D eigenvalue weighted by Gasteiger charge is -2.13. The molecule has 1 atom stereocenters. The molecular formula is C20H21N3O3S. The fraction of sp³-hybridized carbons (Fsp3) is 0.250. The van der Waals surface area contributed by atoms with Crippen LogP contribution in [0.4, 0.5) is 5.69 Å². The second-order valence-corrected chi connectivity index (χ2v) is 7.16. The number of nitrogens with one attached hydrogen (secondary N) is 1. The zero-order valence-corrected chi connectivity index (χ0v) is 16.2. The van der Waals surface area contributed by atoms with E-state index in [-0.39, 0.29) is 5.91 Å². The predicted octanol–water partition coefficient (Wildman–Crippen LogP) is 4.56. The van der Waals surface area contributed by atoms with Crippen molar-refractivity contribution in [2.75, 3.05) is 11.9 Å². The van der Waals surface area contributed by atoms with E-state index in [1.807, 2.05) is 62.4 Å².